The lowest BCUT2D eigenvalue weighted by atomic mass is 10.7. The van der Waals surface area contributed by atoms with Crippen molar-refractivity contribution in [3.63, 3.8) is 0 Å². The van der Waals surface area contributed by atoms with Crippen LogP contribution < -0.4 is 0 Å². The Bertz CT molecular complexity index is 165. The Balaban J connectivity index is 2.77. The summed E-state index contributed by atoms with van der Waals surface area (Å²) in [5, 5.41) is 0. The Kier molecular flexibility index (Phi) is 2.14. The molecule has 0 bridgehead atoms. The summed E-state index contributed by atoms with van der Waals surface area (Å²) in [4.78, 5) is 0. The van der Waals surface area contributed by atoms with Crippen molar-refractivity contribution in [1.29, 1.82) is 0 Å². The largest absolute Gasteiger partial charge is 0.330 e. The monoisotopic (exact) mass is 219 g/mol. The number of halogens is 1. The molecule has 0 saturated carbocycles. The van der Waals surface area contributed by atoms with Crippen LogP contribution in [0, 0.1) is 0 Å². The first-order chi connectivity index (χ1) is 3.93. The van der Waals surface area contributed by atoms with Crippen LogP contribution in [-0.4, -0.2) is 4.57 Å². The Hall–Kier alpha value is -0.250. The van der Waals surface area contributed by atoms with Crippen molar-refractivity contribution in [1.82, 2.24) is 4.57 Å². The molecule has 0 saturated heterocycles. The molecular weight excluding hydrogens is 213 g/mol. The quantitative estimate of drug-likeness (QED) is 0.639. The van der Waals surface area contributed by atoms with Gasteiger partial charge in [-0.2, -0.15) is 0 Å². The van der Waals surface area contributed by atoms with Crippen LogP contribution >= 0.6 is 22.6 Å². The molecule has 1 heterocycles. The van der Waals surface area contributed by atoms with Gasteiger partial charge in [-0.25, -0.2) is 0 Å². The van der Waals surface area contributed by atoms with E-state index in [-0.39, 0.29) is 0 Å². The molecule has 0 atom stereocenters. The fourth-order valence-corrected chi connectivity index (χ4v) is 0.884. The molecule has 0 aliphatic rings. The predicted molar refractivity (Wildman–Crippen MR) is 43.8 cm³/mol. The molecule has 1 aromatic heterocycles. The van der Waals surface area contributed by atoms with Crippen LogP contribution in [-0.2, 0) is 0 Å². The van der Waals surface area contributed by atoms with Gasteiger partial charge in [0.2, 0.25) is 0 Å². The summed E-state index contributed by atoms with van der Waals surface area (Å²) in [6.45, 7) is 0. The van der Waals surface area contributed by atoms with Gasteiger partial charge >= 0.3 is 0 Å². The molecule has 1 aromatic rings. The van der Waals surface area contributed by atoms with Gasteiger partial charge in [-0.1, -0.05) is 22.6 Å². The molecule has 0 N–H and O–H groups in total. The molecule has 0 aromatic carbocycles. The topological polar surface area (TPSA) is 4.93 Å². The van der Waals surface area contributed by atoms with Crippen LogP contribution in [0.15, 0.2) is 28.6 Å². The number of hydrogen-bond acceptors (Lipinski definition) is 0. The lowest BCUT2D eigenvalue weighted by Gasteiger charge is -1.84. The van der Waals surface area contributed by atoms with Gasteiger partial charge in [0.1, 0.15) is 0 Å². The van der Waals surface area contributed by atoms with E-state index in [1.165, 1.54) is 0 Å². The smallest absolute Gasteiger partial charge is 0.0143 e. The standard InChI is InChI=1S/C6H6IN/c7-3-6-8-4-1-2-5-8/h1-6H/b6-3+. The van der Waals surface area contributed by atoms with E-state index in [2.05, 4.69) is 22.6 Å². The minimum atomic E-state index is 1.97. The molecule has 2 heteroatoms. The van der Waals surface area contributed by atoms with Crippen LogP contribution in [0.2, 0.25) is 0 Å². The molecule has 0 aliphatic heterocycles. The van der Waals surface area contributed by atoms with Gasteiger partial charge in [0.25, 0.3) is 0 Å². The summed E-state index contributed by atoms with van der Waals surface area (Å²) in [6.07, 6.45) is 5.98. The van der Waals surface area contributed by atoms with Crippen molar-refractivity contribution < 1.29 is 0 Å². The lowest BCUT2D eigenvalue weighted by molar-refractivity contribution is 1.18. The van der Waals surface area contributed by atoms with Crippen molar-refractivity contribution in [2.45, 2.75) is 0 Å². The van der Waals surface area contributed by atoms with Crippen LogP contribution in [0.1, 0.15) is 0 Å². The van der Waals surface area contributed by atoms with Crippen LogP contribution in [0.25, 0.3) is 6.20 Å². The van der Waals surface area contributed by atoms with Gasteiger partial charge in [-0.3, -0.25) is 0 Å². The minimum absolute atomic E-state index is 1.97. The van der Waals surface area contributed by atoms with E-state index in [4.69, 9.17) is 0 Å². The second-order valence-corrected chi connectivity index (χ2v) is 2.12. The van der Waals surface area contributed by atoms with Gasteiger partial charge in [-0.05, 0) is 16.2 Å². The van der Waals surface area contributed by atoms with Crippen molar-refractivity contribution >= 4 is 28.8 Å². The van der Waals surface area contributed by atoms with E-state index in [1.54, 1.807) is 0 Å². The second-order valence-electron chi connectivity index (χ2n) is 1.41. The summed E-state index contributed by atoms with van der Waals surface area (Å²) < 4.78 is 3.96. The Labute approximate surface area is 62.2 Å². The minimum Gasteiger partial charge on any atom is -0.330 e. The van der Waals surface area contributed by atoms with E-state index < -0.39 is 0 Å². The molecule has 1 rings (SSSR count). The first kappa shape index (κ1) is 5.88. The van der Waals surface area contributed by atoms with Crippen LogP contribution in [0.4, 0.5) is 0 Å². The van der Waals surface area contributed by atoms with Crippen molar-refractivity contribution in [3.8, 4) is 0 Å². The fourth-order valence-electron chi connectivity index (χ4n) is 0.512. The molecule has 0 radical (unpaired) electrons. The molecule has 0 unspecified atom stereocenters. The summed E-state index contributed by atoms with van der Waals surface area (Å²) in [5.74, 6) is 0. The highest BCUT2D eigenvalue weighted by atomic mass is 127. The van der Waals surface area contributed by atoms with E-state index >= 15 is 0 Å². The Morgan fingerprint density at radius 1 is 1.25 bits per heavy atom. The van der Waals surface area contributed by atoms with Crippen molar-refractivity contribution in [3.05, 3.63) is 28.6 Å². The summed E-state index contributed by atoms with van der Waals surface area (Å²) >= 11 is 2.19. The van der Waals surface area contributed by atoms with Gasteiger partial charge in [0.15, 0.2) is 0 Å². The molecular formula is C6H6IN. The molecule has 8 heavy (non-hydrogen) atoms. The zero-order valence-electron chi connectivity index (χ0n) is 4.29. The summed E-state index contributed by atoms with van der Waals surface area (Å²) in [7, 11) is 0. The number of hydrogen-bond donors (Lipinski definition) is 0. The first-order valence-electron chi connectivity index (χ1n) is 2.33. The maximum atomic E-state index is 2.19. The molecule has 42 valence electrons. The lowest BCUT2D eigenvalue weighted by Crippen LogP contribution is -1.73. The summed E-state index contributed by atoms with van der Waals surface area (Å²) in [5.41, 5.74) is 0. The maximum Gasteiger partial charge on any atom is 0.0143 e. The highest BCUT2D eigenvalue weighted by Crippen LogP contribution is 1.92. The summed E-state index contributed by atoms with van der Waals surface area (Å²) in [6, 6.07) is 3.99. The molecule has 0 spiro atoms. The first-order valence-corrected chi connectivity index (χ1v) is 3.57. The van der Waals surface area contributed by atoms with E-state index in [9.17, 15) is 0 Å². The highest BCUT2D eigenvalue weighted by molar-refractivity contribution is 14.1. The number of nitrogens with zero attached hydrogens (tertiary/aromatic N) is 1. The number of rotatable bonds is 1. The maximum absolute atomic E-state index is 2.19. The highest BCUT2D eigenvalue weighted by Gasteiger charge is 1.74. The van der Waals surface area contributed by atoms with E-state index in [0.29, 0.717) is 0 Å². The molecule has 1 nitrogen and oxygen atoms in total. The molecule has 0 amide bonds. The average Bonchev–Trinajstić information content (AvgIpc) is 2.19. The fraction of sp³-hybridized carbons (Fsp3) is 0. The van der Waals surface area contributed by atoms with Gasteiger partial charge in [0.05, 0.1) is 0 Å². The van der Waals surface area contributed by atoms with Gasteiger partial charge in [0, 0.05) is 18.6 Å². The third kappa shape index (κ3) is 1.36. The Morgan fingerprint density at radius 2 is 1.88 bits per heavy atom. The zero-order chi connectivity index (χ0) is 5.82. The van der Waals surface area contributed by atoms with Crippen molar-refractivity contribution in [2.24, 2.45) is 0 Å². The zero-order valence-corrected chi connectivity index (χ0v) is 6.45. The predicted octanol–water partition coefficient (Wildman–Crippen LogP) is 2.35. The molecule has 0 fully saturated rings. The van der Waals surface area contributed by atoms with E-state index in [0.717, 1.165) is 0 Å². The second kappa shape index (κ2) is 2.91. The SMILES string of the molecule is I/C=C/n1cccc1. The van der Waals surface area contributed by atoms with Crippen LogP contribution in [0.5, 0.6) is 0 Å². The van der Waals surface area contributed by atoms with Gasteiger partial charge < -0.3 is 4.57 Å². The van der Waals surface area contributed by atoms with E-state index in [1.807, 2.05) is 39.4 Å². The average molecular weight is 219 g/mol. The molecule has 0 aliphatic carbocycles. The number of aromatic nitrogens is 1. The van der Waals surface area contributed by atoms with Gasteiger partial charge in [-0.15, -0.1) is 0 Å². The normalized spacial score (nSPS) is 10.6. The van der Waals surface area contributed by atoms with Crippen molar-refractivity contribution in [2.75, 3.05) is 0 Å². The van der Waals surface area contributed by atoms with Crippen LogP contribution in [0.3, 0.4) is 0 Å². The Morgan fingerprint density at radius 3 is 2.38 bits per heavy atom. The third-order valence-corrected chi connectivity index (χ3v) is 1.18. The third-order valence-electron chi connectivity index (χ3n) is 0.856.